The van der Waals surface area contributed by atoms with Gasteiger partial charge in [0.25, 0.3) is 0 Å². The van der Waals surface area contributed by atoms with Crippen molar-refractivity contribution >= 4 is 5.91 Å². The van der Waals surface area contributed by atoms with Crippen LogP contribution < -0.4 is 10.6 Å². The zero-order chi connectivity index (χ0) is 13.8. The molecule has 0 aromatic heterocycles. The molecular weight excluding hydrogens is 252 g/mol. The highest BCUT2D eigenvalue weighted by molar-refractivity contribution is 5.83. The van der Waals surface area contributed by atoms with Crippen LogP contribution in [0.25, 0.3) is 0 Å². The maximum atomic E-state index is 11.8. The molecular formula is C16H22N2O2. The predicted molar refractivity (Wildman–Crippen MR) is 77.3 cm³/mol. The summed E-state index contributed by atoms with van der Waals surface area (Å²) in [4.78, 5) is 11.8. The molecule has 2 aliphatic heterocycles. The lowest BCUT2D eigenvalue weighted by atomic mass is 9.93. The van der Waals surface area contributed by atoms with Gasteiger partial charge in [-0.05, 0) is 30.7 Å². The van der Waals surface area contributed by atoms with Crippen molar-refractivity contribution in [1.82, 2.24) is 10.6 Å². The smallest absolute Gasteiger partial charge is 0.237 e. The Kier molecular flexibility index (Phi) is 4.33. The first-order valence-electron chi connectivity index (χ1n) is 7.49. The SMILES string of the molecule is O=C1NCCC1NC(CC1CCOC1)c1ccccc1. The number of ether oxygens (including phenoxy) is 1. The molecule has 2 fully saturated rings. The van der Waals surface area contributed by atoms with E-state index in [4.69, 9.17) is 4.74 Å². The number of carbonyl (C=O) groups is 1. The van der Waals surface area contributed by atoms with Gasteiger partial charge >= 0.3 is 0 Å². The standard InChI is InChI=1S/C16H22N2O2/c19-16-14(6-8-17-16)18-15(10-12-7-9-20-11-12)13-4-2-1-3-5-13/h1-5,12,14-15,18H,6-11H2,(H,17,19). The molecule has 2 N–H and O–H groups in total. The molecule has 0 saturated carbocycles. The number of rotatable bonds is 5. The van der Waals surface area contributed by atoms with Crippen LogP contribution in [-0.4, -0.2) is 31.7 Å². The van der Waals surface area contributed by atoms with Crippen LogP contribution >= 0.6 is 0 Å². The summed E-state index contributed by atoms with van der Waals surface area (Å²) in [6.45, 7) is 2.50. The third-order valence-corrected chi connectivity index (χ3v) is 4.25. The highest BCUT2D eigenvalue weighted by Gasteiger charge is 2.29. The Morgan fingerprint density at radius 3 is 2.80 bits per heavy atom. The first-order chi connectivity index (χ1) is 9.83. The Balaban J connectivity index is 1.70. The third kappa shape index (κ3) is 3.19. The van der Waals surface area contributed by atoms with Crippen molar-refractivity contribution in [2.75, 3.05) is 19.8 Å². The van der Waals surface area contributed by atoms with Gasteiger partial charge in [-0.1, -0.05) is 30.3 Å². The maximum Gasteiger partial charge on any atom is 0.237 e. The molecule has 0 spiro atoms. The first kappa shape index (κ1) is 13.6. The predicted octanol–water partition coefficient (Wildman–Crippen LogP) is 1.63. The van der Waals surface area contributed by atoms with Crippen LogP contribution in [0, 0.1) is 5.92 Å². The van der Waals surface area contributed by atoms with Crippen molar-refractivity contribution in [3.63, 3.8) is 0 Å². The number of amides is 1. The van der Waals surface area contributed by atoms with Gasteiger partial charge in [0.2, 0.25) is 5.91 Å². The van der Waals surface area contributed by atoms with Crippen molar-refractivity contribution in [2.24, 2.45) is 5.92 Å². The molecule has 0 radical (unpaired) electrons. The highest BCUT2D eigenvalue weighted by Crippen LogP contribution is 2.27. The average molecular weight is 274 g/mol. The molecule has 2 saturated heterocycles. The van der Waals surface area contributed by atoms with E-state index in [1.54, 1.807) is 0 Å². The minimum absolute atomic E-state index is 0.0532. The second-order valence-electron chi connectivity index (χ2n) is 5.73. The normalized spacial score (nSPS) is 27.5. The fourth-order valence-electron chi connectivity index (χ4n) is 3.08. The monoisotopic (exact) mass is 274 g/mol. The molecule has 2 aliphatic rings. The zero-order valence-electron chi connectivity index (χ0n) is 11.7. The number of hydrogen-bond acceptors (Lipinski definition) is 3. The van der Waals surface area contributed by atoms with E-state index in [1.807, 2.05) is 6.07 Å². The number of benzene rings is 1. The fraction of sp³-hybridized carbons (Fsp3) is 0.562. The van der Waals surface area contributed by atoms with Crippen LogP contribution in [0.1, 0.15) is 30.9 Å². The van der Waals surface area contributed by atoms with E-state index < -0.39 is 0 Å². The topological polar surface area (TPSA) is 50.4 Å². The summed E-state index contributed by atoms with van der Waals surface area (Å²) in [5, 5.41) is 6.44. The van der Waals surface area contributed by atoms with E-state index in [-0.39, 0.29) is 18.0 Å². The summed E-state index contributed by atoms with van der Waals surface area (Å²) in [5.41, 5.74) is 1.26. The molecule has 4 nitrogen and oxygen atoms in total. The number of hydrogen-bond donors (Lipinski definition) is 2. The van der Waals surface area contributed by atoms with E-state index in [0.29, 0.717) is 5.92 Å². The lowest BCUT2D eigenvalue weighted by Crippen LogP contribution is -2.39. The van der Waals surface area contributed by atoms with E-state index in [9.17, 15) is 4.79 Å². The Labute approximate surface area is 119 Å². The van der Waals surface area contributed by atoms with Gasteiger partial charge < -0.3 is 10.1 Å². The molecule has 1 amide bonds. The van der Waals surface area contributed by atoms with E-state index >= 15 is 0 Å². The van der Waals surface area contributed by atoms with Crippen LogP contribution in [-0.2, 0) is 9.53 Å². The minimum Gasteiger partial charge on any atom is -0.381 e. The van der Waals surface area contributed by atoms with E-state index in [1.165, 1.54) is 5.56 Å². The van der Waals surface area contributed by atoms with Crippen molar-refractivity contribution in [2.45, 2.75) is 31.3 Å². The van der Waals surface area contributed by atoms with Gasteiger partial charge in [0.1, 0.15) is 0 Å². The fourth-order valence-corrected chi connectivity index (χ4v) is 3.08. The Bertz CT molecular complexity index is 443. The lowest BCUT2D eigenvalue weighted by Gasteiger charge is -2.24. The van der Waals surface area contributed by atoms with Crippen LogP contribution in [0.4, 0.5) is 0 Å². The minimum atomic E-state index is -0.0532. The van der Waals surface area contributed by atoms with Gasteiger partial charge in [0, 0.05) is 25.8 Å². The van der Waals surface area contributed by atoms with Crippen molar-refractivity contribution in [1.29, 1.82) is 0 Å². The molecule has 3 unspecified atom stereocenters. The van der Waals surface area contributed by atoms with Crippen LogP contribution in [0.5, 0.6) is 0 Å². The summed E-state index contributed by atoms with van der Waals surface area (Å²) in [6.07, 6.45) is 3.04. The summed E-state index contributed by atoms with van der Waals surface area (Å²) >= 11 is 0. The van der Waals surface area contributed by atoms with Crippen molar-refractivity contribution < 1.29 is 9.53 Å². The molecule has 4 heteroatoms. The summed E-state index contributed by atoms with van der Waals surface area (Å²) in [5.74, 6) is 0.728. The Hall–Kier alpha value is -1.39. The summed E-state index contributed by atoms with van der Waals surface area (Å²) in [6, 6.07) is 10.6. The van der Waals surface area contributed by atoms with Crippen LogP contribution in [0.15, 0.2) is 30.3 Å². The molecule has 0 bridgehead atoms. The number of carbonyl (C=O) groups excluding carboxylic acids is 1. The quantitative estimate of drug-likeness (QED) is 0.858. The molecule has 3 rings (SSSR count). The molecule has 20 heavy (non-hydrogen) atoms. The van der Waals surface area contributed by atoms with Crippen molar-refractivity contribution in [3.05, 3.63) is 35.9 Å². The number of nitrogens with one attached hydrogen (secondary N) is 2. The summed E-state index contributed by atoms with van der Waals surface area (Å²) < 4.78 is 5.48. The van der Waals surface area contributed by atoms with Crippen LogP contribution in [0.3, 0.4) is 0 Å². The van der Waals surface area contributed by atoms with Crippen LogP contribution in [0.2, 0.25) is 0 Å². The molecule has 1 aromatic carbocycles. The average Bonchev–Trinajstić information content (AvgIpc) is 3.12. The molecule has 2 heterocycles. The van der Waals surface area contributed by atoms with Gasteiger partial charge in [-0.3, -0.25) is 10.1 Å². The molecule has 3 atom stereocenters. The van der Waals surface area contributed by atoms with Gasteiger partial charge in [0.05, 0.1) is 6.04 Å². The van der Waals surface area contributed by atoms with Gasteiger partial charge in [-0.2, -0.15) is 0 Å². The second-order valence-corrected chi connectivity index (χ2v) is 5.73. The van der Waals surface area contributed by atoms with E-state index in [2.05, 4.69) is 34.9 Å². The lowest BCUT2D eigenvalue weighted by molar-refractivity contribution is -0.121. The first-order valence-corrected chi connectivity index (χ1v) is 7.49. The molecule has 0 aliphatic carbocycles. The Morgan fingerprint density at radius 1 is 1.30 bits per heavy atom. The third-order valence-electron chi connectivity index (χ3n) is 4.25. The van der Waals surface area contributed by atoms with Gasteiger partial charge in [-0.15, -0.1) is 0 Å². The molecule has 108 valence electrons. The zero-order valence-corrected chi connectivity index (χ0v) is 11.7. The maximum absolute atomic E-state index is 11.8. The summed E-state index contributed by atoms with van der Waals surface area (Å²) in [7, 11) is 0. The van der Waals surface area contributed by atoms with Crippen molar-refractivity contribution in [3.8, 4) is 0 Å². The highest BCUT2D eigenvalue weighted by atomic mass is 16.5. The van der Waals surface area contributed by atoms with Gasteiger partial charge in [0.15, 0.2) is 0 Å². The Morgan fingerprint density at radius 2 is 2.15 bits per heavy atom. The largest absolute Gasteiger partial charge is 0.381 e. The van der Waals surface area contributed by atoms with E-state index in [0.717, 1.165) is 39.0 Å². The van der Waals surface area contributed by atoms with Gasteiger partial charge in [-0.25, -0.2) is 0 Å². The molecule has 1 aromatic rings. The second kappa shape index (κ2) is 6.37.